The first-order chi connectivity index (χ1) is 8.65. The summed E-state index contributed by atoms with van der Waals surface area (Å²) in [4.78, 5) is 13.3. The molecule has 3 heterocycles. The molecule has 4 rings (SSSR count). The molecule has 18 heavy (non-hydrogen) atoms. The van der Waals surface area contributed by atoms with Crippen LogP contribution in [0.15, 0.2) is 18.2 Å². The number of nitro benzene ring substituents is 1. The number of fused-ring (bicyclic) bond motifs is 3. The van der Waals surface area contributed by atoms with E-state index in [0.29, 0.717) is 17.5 Å². The van der Waals surface area contributed by atoms with Crippen molar-refractivity contribution in [3.8, 4) is 0 Å². The van der Waals surface area contributed by atoms with E-state index in [1.807, 2.05) is 6.07 Å². The fourth-order valence-electron chi connectivity index (χ4n) is 3.35. The molecular formula is C13H17N3O2. The second kappa shape index (κ2) is 4.24. The van der Waals surface area contributed by atoms with Crippen LogP contribution >= 0.6 is 0 Å². The Morgan fingerprint density at radius 1 is 1.33 bits per heavy atom. The molecule has 0 aliphatic carbocycles. The summed E-state index contributed by atoms with van der Waals surface area (Å²) in [6.45, 7) is 3.24. The number of nitrogens with two attached hydrogens (primary N) is 1. The number of hydrogen-bond acceptors (Lipinski definition) is 4. The van der Waals surface area contributed by atoms with Crippen molar-refractivity contribution in [3.05, 3.63) is 33.9 Å². The van der Waals surface area contributed by atoms with Crippen LogP contribution in [0.25, 0.3) is 0 Å². The molecule has 1 unspecified atom stereocenters. The van der Waals surface area contributed by atoms with Gasteiger partial charge in [-0.3, -0.25) is 10.1 Å². The van der Waals surface area contributed by atoms with Crippen molar-refractivity contribution in [1.82, 2.24) is 4.90 Å². The first-order valence-corrected chi connectivity index (χ1v) is 6.41. The molecule has 0 radical (unpaired) electrons. The van der Waals surface area contributed by atoms with Crippen LogP contribution in [-0.4, -0.2) is 29.5 Å². The Hall–Kier alpha value is -1.62. The van der Waals surface area contributed by atoms with Gasteiger partial charge in [-0.05, 0) is 44.0 Å². The summed E-state index contributed by atoms with van der Waals surface area (Å²) in [6.07, 6.45) is 2.32. The van der Waals surface area contributed by atoms with E-state index < -0.39 is 0 Å². The summed E-state index contributed by atoms with van der Waals surface area (Å²) in [5.74, 6) is 0.894. The van der Waals surface area contributed by atoms with Crippen molar-refractivity contribution in [3.63, 3.8) is 0 Å². The number of piperidine rings is 3. The molecule has 3 aliphatic heterocycles. The van der Waals surface area contributed by atoms with Gasteiger partial charge in [-0.15, -0.1) is 0 Å². The molecule has 2 bridgehead atoms. The van der Waals surface area contributed by atoms with Gasteiger partial charge in [-0.1, -0.05) is 0 Å². The summed E-state index contributed by atoms with van der Waals surface area (Å²) in [6, 6.07) is 5.12. The molecule has 1 atom stereocenters. The lowest BCUT2D eigenvalue weighted by Crippen LogP contribution is -2.46. The predicted octanol–water partition coefficient (Wildman–Crippen LogP) is 1.99. The van der Waals surface area contributed by atoms with Crippen LogP contribution in [-0.2, 0) is 0 Å². The van der Waals surface area contributed by atoms with Crippen LogP contribution in [0.5, 0.6) is 0 Å². The Balaban J connectivity index is 1.99. The van der Waals surface area contributed by atoms with Crippen molar-refractivity contribution in [1.29, 1.82) is 0 Å². The first-order valence-electron chi connectivity index (χ1n) is 6.41. The predicted molar refractivity (Wildman–Crippen MR) is 69.4 cm³/mol. The molecule has 0 aromatic heterocycles. The molecule has 0 amide bonds. The highest BCUT2D eigenvalue weighted by Gasteiger charge is 2.37. The number of nitrogens with zero attached hydrogens (tertiary/aromatic N) is 2. The number of nitrogen functional groups attached to an aromatic ring is 1. The fraction of sp³-hybridized carbons (Fsp3) is 0.538. The highest BCUT2D eigenvalue weighted by Crippen LogP contribution is 2.42. The summed E-state index contributed by atoms with van der Waals surface area (Å²) in [5.41, 5.74) is 7.17. The SMILES string of the molecule is Nc1ccc(C2CN3CCC2CC3)c([N+](=O)[O-])c1. The summed E-state index contributed by atoms with van der Waals surface area (Å²) >= 11 is 0. The lowest BCUT2D eigenvalue weighted by molar-refractivity contribution is -0.385. The van der Waals surface area contributed by atoms with Gasteiger partial charge < -0.3 is 10.6 Å². The Morgan fingerprint density at radius 2 is 2.06 bits per heavy atom. The molecule has 1 aromatic carbocycles. The van der Waals surface area contributed by atoms with E-state index in [-0.39, 0.29) is 10.6 Å². The summed E-state index contributed by atoms with van der Waals surface area (Å²) in [7, 11) is 0. The van der Waals surface area contributed by atoms with Gasteiger partial charge >= 0.3 is 0 Å². The molecule has 3 fully saturated rings. The second-order valence-corrected chi connectivity index (χ2v) is 5.32. The topological polar surface area (TPSA) is 72.4 Å². The average Bonchev–Trinajstić information content (AvgIpc) is 2.39. The van der Waals surface area contributed by atoms with Gasteiger partial charge in [0.05, 0.1) is 4.92 Å². The summed E-state index contributed by atoms with van der Waals surface area (Å²) in [5, 5.41) is 11.2. The molecule has 0 saturated carbocycles. The van der Waals surface area contributed by atoms with Crippen LogP contribution < -0.4 is 5.73 Å². The van der Waals surface area contributed by atoms with Crippen molar-refractivity contribution in [2.45, 2.75) is 18.8 Å². The Kier molecular flexibility index (Phi) is 2.70. The first kappa shape index (κ1) is 11.5. The average molecular weight is 247 g/mol. The lowest BCUT2D eigenvalue weighted by atomic mass is 9.75. The van der Waals surface area contributed by atoms with Crippen LogP contribution in [0.1, 0.15) is 24.3 Å². The molecule has 5 heteroatoms. The van der Waals surface area contributed by atoms with E-state index >= 15 is 0 Å². The van der Waals surface area contributed by atoms with Crippen molar-refractivity contribution in [2.24, 2.45) is 5.92 Å². The summed E-state index contributed by atoms with van der Waals surface area (Å²) < 4.78 is 0. The Bertz CT molecular complexity index is 481. The number of benzene rings is 1. The van der Waals surface area contributed by atoms with Crippen LogP contribution in [0.3, 0.4) is 0 Å². The monoisotopic (exact) mass is 247 g/mol. The third-order valence-corrected chi connectivity index (χ3v) is 4.31. The van der Waals surface area contributed by atoms with E-state index in [9.17, 15) is 10.1 Å². The number of nitro groups is 1. The van der Waals surface area contributed by atoms with Gasteiger partial charge in [0.25, 0.3) is 5.69 Å². The van der Waals surface area contributed by atoms with Gasteiger partial charge in [0.2, 0.25) is 0 Å². The standard InChI is InChI=1S/C13H17N3O2/c14-10-1-2-11(13(7-10)16(17)18)12-8-15-5-3-9(12)4-6-15/h1-2,7,9,12H,3-6,8,14H2. The van der Waals surface area contributed by atoms with Crippen LogP contribution in [0.2, 0.25) is 0 Å². The molecule has 5 nitrogen and oxygen atoms in total. The highest BCUT2D eigenvalue weighted by atomic mass is 16.6. The number of anilines is 1. The van der Waals surface area contributed by atoms with Gasteiger partial charge in [0.1, 0.15) is 0 Å². The molecule has 1 aromatic rings. The van der Waals surface area contributed by atoms with E-state index in [4.69, 9.17) is 5.73 Å². The number of hydrogen-bond donors (Lipinski definition) is 1. The van der Waals surface area contributed by atoms with Crippen molar-refractivity contribution < 1.29 is 4.92 Å². The maximum atomic E-state index is 11.2. The van der Waals surface area contributed by atoms with E-state index in [1.165, 1.54) is 6.07 Å². The second-order valence-electron chi connectivity index (χ2n) is 5.32. The molecule has 96 valence electrons. The van der Waals surface area contributed by atoms with Crippen LogP contribution in [0, 0.1) is 16.0 Å². The smallest absolute Gasteiger partial charge is 0.274 e. The number of rotatable bonds is 2. The Labute approximate surface area is 106 Å². The van der Waals surface area contributed by atoms with E-state index in [1.54, 1.807) is 6.07 Å². The minimum atomic E-state index is -0.302. The molecule has 2 N–H and O–H groups in total. The van der Waals surface area contributed by atoms with Crippen molar-refractivity contribution in [2.75, 3.05) is 25.4 Å². The largest absolute Gasteiger partial charge is 0.399 e. The quantitative estimate of drug-likeness (QED) is 0.493. The molecule has 3 aliphatic rings. The Morgan fingerprint density at radius 3 is 2.61 bits per heavy atom. The van der Waals surface area contributed by atoms with Gasteiger partial charge in [-0.25, -0.2) is 0 Å². The third kappa shape index (κ3) is 1.84. The minimum Gasteiger partial charge on any atom is -0.399 e. The van der Waals surface area contributed by atoms with Crippen molar-refractivity contribution >= 4 is 11.4 Å². The minimum absolute atomic E-state index is 0.189. The van der Waals surface area contributed by atoms with E-state index in [2.05, 4.69) is 4.90 Å². The third-order valence-electron chi connectivity index (χ3n) is 4.31. The highest BCUT2D eigenvalue weighted by molar-refractivity contribution is 5.54. The van der Waals surface area contributed by atoms with Gasteiger partial charge in [0, 0.05) is 29.8 Å². The zero-order chi connectivity index (χ0) is 12.7. The van der Waals surface area contributed by atoms with Crippen LogP contribution in [0.4, 0.5) is 11.4 Å². The maximum Gasteiger partial charge on any atom is 0.274 e. The lowest BCUT2D eigenvalue weighted by Gasteiger charge is -2.44. The zero-order valence-corrected chi connectivity index (χ0v) is 10.2. The fourth-order valence-corrected chi connectivity index (χ4v) is 3.35. The molecule has 0 spiro atoms. The van der Waals surface area contributed by atoms with E-state index in [0.717, 1.165) is 38.0 Å². The zero-order valence-electron chi connectivity index (χ0n) is 10.2. The van der Waals surface area contributed by atoms with Gasteiger partial charge in [0.15, 0.2) is 0 Å². The maximum absolute atomic E-state index is 11.2. The molecule has 3 saturated heterocycles. The normalized spacial score (nSPS) is 30.3. The molecular weight excluding hydrogens is 230 g/mol. The van der Waals surface area contributed by atoms with Gasteiger partial charge in [-0.2, -0.15) is 0 Å².